The number of nitrogens with zero attached hydrogens (tertiary/aromatic N) is 1. The molecule has 0 radical (unpaired) electrons. The maximum absolute atomic E-state index is 12.2. The van der Waals surface area contributed by atoms with Crippen LogP contribution >= 0.6 is 11.8 Å². The SMILES string of the molecule is Cc1ccc(SCC2CC(=O)NC(N3CCc4ccccc4C3)N2)cc1. The van der Waals surface area contributed by atoms with Crippen molar-refractivity contribution < 1.29 is 4.79 Å². The molecule has 26 heavy (non-hydrogen) atoms. The summed E-state index contributed by atoms with van der Waals surface area (Å²) in [6, 6.07) is 17.4. The Morgan fingerprint density at radius 1 is 1.12 bits per heavy atom. The number of amides is 1. The van der Waals surface area contributed by atoms with E-state index in [-0.39, 0.29) is 18.2 Å². The molecule has 4 rings (SSSR count). The standard InChI is InChI=1S/C21H25N3OS/c1-15-6-8-19(9-7-15)26-14-18-12-20(25)23-21(22-18)24-11-10-16-4-2-3-5-17(16)13-24/h2-9,18,21-22H,10-14H2,1H3,(H,23,25). The Morgan fingerprint density at radius 3 is 2.69 bits per heavy atom. The minimum Gasteiger partial charge on any atom is -0.328 e. The van der Waals surface area contributed by atoms with Crippen LogP contribution in [0.5, 0.6) is 0 Å². The second kappa shape index (κ2) is 7.82. The Kier molecular flexibility index (Phi) is 5.29. The number of rotatable bonds is 4. The molecule has 2 atom stereocenters. The molecule has 2 N–H and O–H groups in total. The van der Waals surface area contributed by atoms with Gasteiger partial charge in [0.15, 0.2) is 0 Å². The molecular weight excluding hydrogens is 342 g/mol. The average molecular weight is 368 g/mol. The Labute approximate surface area is 159 Å². The van der Waals surface area contributed by atoms with Crippen LogP contribution < -0.4 is 10.6 Å². The van der Waals surface area contributed by atoms with Gasteiger partial charge >= 0.3 is 0 Å². The van der Waals surface area contributed by atoms with Gasteiger partial charge in [0.2, 0.25) is 5.91 Å². The third-order valence-electron chi connectivity index (χ3n) is 5.12. The first kappa shape index (κ1) is 17.6. The van der Waals surface area contributed by atoms with Crippen LogP contribution in [0.15, 0.2) is 53.4 Å². The minimum atomic E-state index is -0.0757. The summed E-state index contributed by atoms with van der Waals surface area (Å²) in [6.07, 6.45) is 1.50. The van der Waals surface area contributed by atoms with Crippen molar-refractivity contribution in [2.24, 2.45) is 0 Å². The number of carbonyl (C=O) groups excluding carboxylic acids is 1. The summed E-state index contributed by atoms with van der Waals surface area (Å²) in [4.78, 5) is 15.8. The van der Waals surface area contributed by atoms with Crippen LogP contribution in [0.25, 0.3) is 0 Å². The number of aryl methyl sites for hydroxylation is 1. The van der Waals surface area contributed by atoms with Gasteiger partial charge in [-0.2, -0.15) is 0 Å². The van der Waals surface area contributed by atoms with E-state index in [4.69, 9.17) is 0 Å². The second-order valence-electron chi connectivity index (χ2n) is 7.15. The normalized spacial score (nSPS) is 23.3. The van der Waals surface area contributed by atoms with Crippen molar-refractivity contribution in [2.45, 2.75) is 43.5 Å². The van der Waals surface area contributed by atoms with Gasteiger partial charge in [0.1, 0.15) is 6.29 Å². The molecular formula is C21H25N3OS. The van der Waals surface area contributed by atoms with Crippen molar-refractivity contribution in [3.63, 3.8) is 0 Å². The molecule has 2 aromatic rings. The molecule has 1 fully saturated rings. The van der Waals surface area contributed by atoms with E-state index >= 15 is 0 Å². The average Bonchev–Trinajstić information content (AvgIpc) is 2.67. The quantitative estimate of drug-likeness (QED) is 0.816. The van der Waals surface area contributed by atoms with Gasteiger partial charge in [0.05, 0.1) is 0 Å². The molecule has 2 aromatic carbocycles. The number of carbonyl (C=O) groups is 1. The van der Waals surface area contributed by atoms with Gasteiger partial charge in [-0.1, -0.05) is 42.0 Å². The van der Waals surface area contributed by atoms with Crippen molar-refractivity contribution in [1.82, 2.24) is 15.5 Å². The summed E-state index contributed by atoms with van der Waals surface area (Å²) in [5.41, 5.74) is 4.07. The van der Waals surface area contributed by atoms with Crippen LogP contribution in [0.4, 0.5) is 0 Å². The first-order valence-corrected chi connectivity index (χ1v) is 10.2. The van der Waals surface area contributed by atoms with Crippen molar-refractivity contribution >= 4 is 17.7 Å². The summed E-state index contributed by atoms with van der Waals surface area (Å²) in [6.45, 7) is 3.95. The van der Waals surface area contributed by atoms with Crippen LogP contribution in [0.3, 0.4) is 0 Å². The summed E-state index contributed by atoms with van der Waals surface area (Å²) in [7, 11) is 0. The zero-order valence-electron chi connectivity index (χ0n) is 15.1. The smallest absolute Gasteiger partial charge is 0.223 e. The van der Waals surface area contributed by atoms with E-state index in [1.165, 1.54) is 21.6 Å². The number of fused-ring (bicyclic) bond motifs is 1. The third kappa shape index (κ3) is 4.11. The van der Waals surface area contributed by atoms with Crippen LogP contribution in [0.2, 0.25) is 0 Å². The Morgan fingerprint density at radius 2 is 1.88 bits per heavy atom. The molecule has 0 aromatic heterocycles. The highest BCUT2D eigenvalue weighted by Crippen LogP contribution is 2.23. The minimum absolute atomic E-state index is 0.0757. The fourth-order valence-corrected chi connectivity index (χ4v) is 4.57. The summed E-state index contributed by atoms with van der Waals surface area (Å²) in [5.74, 6) is 1.04. The lowest BCUT2D eigenvalue weighted by Gasteiger charge is -2.40. The first-order chi connectivity index (χ1) is 12.7. The lowest BCUT2D eigenvalue weighted by atomic mass is 10.00. The molecule has 5 heteroatoms. The van der Waals surface area contributed by atoms with Crippen molar-refractivity contribution in [1.29, 1.82) is 0 Å². The molecule has 2 unspecified atom stereocenters. The fraction of sp³-hybridized carbons (Fsp3) is 0.381. The molecule has 1 amide bonds. The predicted molar refractivity (Wildman–Crippen MR) is 106 cm³/mol. The van der Waals surface area contributed by atoms with E-state index in [2.05, 4.69) is 71.0 Å². The van der Waals surface area contributed by atoms with Gasteiger partial charge in [0.25, 0.3) is 0 Å². The van der Waals surface area contributed by atoms with Gasteiger partial charge < -0.3 is 5.32 Å². The van der Waals surface area contributed by atoms with Crippen LogP contribution in [-0.4, -0.2) is 35.4 Å². The maximum atomic E-state index is 12.2. The number of benzene rings is 2. The van der Waals surface area contributed by atoms with Gasteiger partial charge in [-0.25, -0.2) is 0 Å². The molecule has 2 heterocycles. The molecule has 2 aliphatic heterocycles. The Balaban J connectivity index is 1.37. The Hall–Kier alpha value is -1.82. The third-order valence-corrected chi connectivity index (χ3v) is 6.30. The molecule has 0 aliphatic carbocycles. The molecule has 4 nitrogen and oxygen atoms in total. The summed E-state index contributed by atoms with van der Waals surface area (Å²) >= 11 is 1.81. The predicted octanol–water partition coefficient (Wildman–Crippen LogP) is 2.91. The molecule has 0 bridgehead atoms. The summed E-state index contributed by atoms with van der Waals surface area (Å²) < 4.78 is 0. The maximum Gasteiger partial charge on any atom is 0.223 e. The van der Waals surface area contributed by atoms with E-state index in [0.717, 1.165) is 25.3 Å². The molecule has 136 valence electrons. The van der Waals surface area contributed by atoms with Gasteiger partial charge in [0, 0.05) is 36.2 Å². The topological polar surface area (TPSA) is 44.4 Å². The monoisotopic (exact) mass is 367 g/mol. The molecule has 1 saturated heterocycles. The zero-order chi connectivity index (χ0) is 17.9. The highest BCUT2D eigenvalue weighted by Gasteiger charge is 2.31. The Bertz CT molecular complexity index is 777. The van der Waals surface area contributed by atoms with E-state index in [1.807, 2.05) is 11.8 Å². The van der Waals surface area contributed by atoms with Crippen molar-refractivity contribution in [2.75, 3.05) is 12.3 Å². The van der Waals surface area contributed by atoms with E-state index in [1.54, 1.807) is 0 Å². The van der Waals surface area contributed by atoms with Crippen LogP contribution in [0, 0.1) is 6.92 Å². The molecule has 2 aliphatic rings. The number of thioether (sulfide) groups is 1. The fourth-order valence-electron chi connectivity index (χ4n) is 3.63. The second-order valence-corrected chi connectivity index (χ2v) is 8.24. The van der Waals surface area contributed by atoms with Crippen LogP contribution in [0.1, 0.15) is 23.1 Å². The van der Waals surface area contributed by atoms with Gasteiger partial charge in [-0.3, -0.25) is 15.0 Å². The highest BCUT2D eigenvalue weighted by molar-refractivity contribution is 7.99. The highest BCUT2D eigenvalue weighted by atomic mass is 32.2. The molecule has 0 saturated carbocycles. The first-order valence-electron chi connectivity index (χ1n) is 9.23. The van der Waals surface area contributed by atoms with Gasteiger partial charge in [-0.15, -0.1) is 11.8 Å². The van der Waals surface area contributed by atoms with Crippen molar-refractivity contribution in [3.05, 3.63) is 65.2 Å². The lowest BCUT2D eigenvalue weighted by molar-refractivity contribution is -0.126. The van der Waals surface area contributed by atoms with Gasteiger partial charge in [-0.05, 0) is 36.6 Å². The van der Waals surface area contributed by atoms with Crippen molar-refractivity contribution in [3.8, 4) is 0 Å². The lowest BCUT2D eigenvalue weighted by Crippen LogP contribution is -2.64. The van der Waals surface area contributed by atoms with E-state index < -0.39 is 0 Å². The number of hydrogen-bond acceptors (Lipinski definition) is 4. The molecule has 0 spiro atoms. The largest absolute Gasteiger partial charge is 0.328 e. The summed E-state index contributed by atoms with van der Waals surface area (Å²) in [5, 5.41) is 6.76. The zero-order valence-corrected chi connectivity index (χ0v) is 15.9. The van der Waals surface area contributed by atoms with Crippen LogP contribution in [-0.2, 0) is 17.8 Å². The number of hydrogen-bond donors (Lipinski definition) is 2. The van der Waals surface area contributed by atoms with E-state index in [0.29, 0.717) is 6.42 Å². The number of nitrogens with one attached hydrogen (secondary N) is 2. The van der Waals surface area contributed by atoms with E-state index in [9.17, 15) is 4.79 Å².